The van der Waals surface area contributed by atoms with Gasteiger partial charge in [-0.15, -0.1) is 0 Å². The van der Waals surface area contributed by atoms with E-state index in [0.717, 1.165) is 22.6 Å². The fourth-order valence-corrected chi connectivity index (χ4v) is 2.76. The number of rotatable bonds is 5. The van der Waals surface area contributed by atoms with Crippen molar-refractivity contribution >= 4 is 27.7 Å². The van der Waals surface area contributed by atoms with Gasteiger partial charge in [-0.3, -0.25) is 0 Å². The van der Waals surface area contributed by atoms with Crippen LogP contribution < -0.4 is 5.32 Å². The second-order valence-electron chi connectivity index (χ2n) is 3.68. The molecule has 2 rings (SSSR count). The average molecular weight is 324 g/mol. The summed E-state index contributed by atoms with van der Waals surface area (Å²) in [6.07, 6.45) is 3.34. The lowest BCUT2D eigenvalue weighted by molar-refractivity contribution is 0.717. The lowest BCUT2D eigenvalue weighted by atomic mass is 10.2. The molecule has 5 heteroatoms. The van der Waals surface area contributed by atoms with Crippen molar-refractivity contribution in [2.24, 2.45) is 0 Å². The SMILES string of the molecule is CCNCc1cc(Br)ccc1Sc1ccncn1. The highest BCUT2D eigenvalue weighted by Crippen LogP contribution is 2.30. The highest BCUT2D eigenvalue weighted by Gasteiger charge is 2.05. The second-order valence-corrected chi connectivity index (χ2v) is 5.66. The molecule has 0 unspecified atom stereocenters. The monoisotopic (exact) mass is 323 g/mol. The topological polar surface area (TPSA) is 37.8 Å². The van der Waals surface area contributed by atoms with Crippen LogP contribution in [0.5, 0.6) is 0 Å². The third-order valence-electron chi connectivity index (χ3n) is 2.36. The molecule has 1 N–H and O–H groups in total. The van der Waals surface area contributed by atoms with Gasteiger partial charge in [0.05, 0.1) is 0 Å². The summed E-state index contributed by atoms with van der Waals surface area (Å²) in [6, 6.07) is 8.23. The van der Waals surface area contributed by atoms with Crippen LogP contribution in [0.25, 0.3) is 0 Å². The normalized spacial score (nSPS) is 10.6. The molecule has 0 spiro atoms. The molecule has 2 aromatic rings. The molecule has 1 heterocycles. The molecule has 0 aliphatic carbocycles. The van der Waals surface area contributed by atoms with Crippen LogP contribution in [-0.4, -0.2) is 16.5 Å². The first kappa shape index (κ1) is 13.5. The highest BCUT2D eigenvalue weighted by molar-refractivity contribution is 9.10. The Morgan fingerprint density at radius 3 is 2.94 bits per heavy atom. The molecule has 94 valence electrons. The lowest BCUT2D eigenvalue weighted by Gasteiger charge is -2.09. The molecule has 1 aromatic carbocycles. The van der Waals surface area contributed by atoms with Gasteiger partial charge in [0.15, 0.2) is 0 Å². The van der Waals surface area contributed by atoms with Crippen molar-refractivity contribution in [1.29, 1.82) is 0 Å². The maximum atomic E-state index is 4.24. The molecule has 0 radical (unpaired) electrons. The Balaban J connectivity index is 2.21. The van der Waals surface area contributed by atoms with Gasteiger partial charge >= 0.3 is 0 Å². The van der Waals surface area contributed by atoms with E-state index < -0.39 is 0 Å². The van der Waals surface area contributed by atoms with Gasteiger partial charge in [-0.25, -0.2) is 9.97 Å². The molecular weight excluding hydrogens is 310 g/mol. The Bertz CT molecular complexity index is 505. The molecular formula is C13H14BrN3S. The Labute approximate surface area is 120 Å². The first-order chi connectivity index (χ1) is 8.79. The van der Waals surface area contributed by atoms with Crippen molar-refractivity contribution in [3.63, 3.8) is 0 Å². The van der Waals surface area contributed by atoms with Crippen LogP contribution in [0.4, 0.5) is 0 Å². The molecule has 0 aliphatic heterocycles. The molecule has 0 saturated heterocycles. The average Bonchev–Trinajstić information content (AvgIpc) is 2.40. The Kier molecular flexibility index (Phi) is 5.16. The quantitative estimate of drug-likeness (QED) is 0.854. The number of hydrogen-bond acceptors (Lipinski definition) is 4. The first-order valence-corrected chi connectivity index (χ1v) is 7.33. The largest absolute Gasteiger partial charge is 0.313 e. The van der Waals surface area contributed by atoms with E-state index in [0.29, 0.717) is 0 Å². The van der Waals surface area contributed by atoms with Crippen LogP contribution in [-0.2, 0) is 6.54 Å². The van der Waals surface area contributed by atoms with E-state index in [1.54, 1.807) is 24.3 Å². The van der Waals surface area contributed by atoms with Crippen LogP contribution in [0.3, 0.4) is 0 Å². The molecule has 18 heavy (non-hydrogen) atoms. The second kappa shape index (κ2) is 6.87. The van der Waals surface area contributed by atoms with Gasteiger partial charge < -0.3 is 5.32 Å². The van der Waals surface area contributed by atoms with Gasteiger partial charge in [-0.1, -0.05) is 34.6 Å². The summed E-state index contributed by atoms with van der Waals surface area (Å²) in [7, 11) is 0. The number of aromatic nitrogens is 2. The van der Waals surface area contributed by atoms with Gasteiger partial charge in [0, 0.05) is 22.1 Å². The van der Waals surface area contributed by atoms with Crippen LogP contribution in [0, 0.1) is 0 Å². The van der Waals surface area contributed by atoms with Gasteiger partial charge in [-0.05, 0) is 36.4 Å². The van der Waals surface area contributed by atoms with Gasteiger partial charge in [-0.2, -0.15) is 0 Å². The van der Waals surface area contributed by atoms with Crippen molar-refractivity contribution < 1.29 is 0 Å². The summed E-state index contributed by atoms with van der Waals surface area (Å²) in [4.78, 5) is 9.39. The molecule has 3 nitrogen and oxygen atoms in total. The van der Waals surface area contributed by atoms with Crippen molar-refractivity contribution in [2.75, 3.05) is 6.54 Å². The van der Waals surface area contributed by atoms with Crippen LogP contribution >= 0.6 is 27.7 Å². The molecule has 0 aliphatic rings. The molecule has 0 bridgehead atoms. The fraction of sp³-hybridized carbons (Fsp3) is 0.231. The zero-order chi connectivity index (χ0) is 12.8. The van der Waals surface area contributed by atoms with Gasteiger partial charge in [0.2, 0.25) is 0 Å². The van der Waals surface area contributed by atoms with Crippen molar-refractivity contribution in [2.45, 2.75) is 23.4 Å². The van der Waals surface area contributed by atoms with Crippen molar-refractivity contribution in [1.82, 2.24) is 15.3 Å². The Morgan fingerprint density at radius 1 is 1.33 bits per heavy atom. The number of benzene rings is 1. The molecule has 0 saturated carbocycles. The minimum atomic E-state index is 0.864. The van der Waals surface area contributed by atoms with E-state index in [4.69, 9.17) is 0 Å². The molecule has 0 atom stereocenters. The molecule has 0 fully saturated rings. The fourth-order valence-electron chi connectivity index (χ4n) is 1.50. The van der Waals surface area contributed by atoms with E-state index in [9.17, 15) is 0 Å². The standard InChI is InChI=1S/C13H14BrN3S/c1-2-15-8-10-7-11(14)3-4-12(10)18-13-5-6-16-9-17-13/h3-7,9,15H,2,8H2,1H3. The van der Waals surface area contributed by atoms with Crippen LogP contribution in [0.1, 0.15) is 12.5 Å². The maximum absolute atomic E-state index is 4.24. The summed E-state index contributed by atoms with van der Waals surface area (Å²) < 4.78 is 1.10. The Morgan fingerprint density at radius 2 is 2.22 bits per heavy atom. The molecule has 0 amide bonds. The number of nitrogens with zero attached hydrogens (tertiary/aromatic N) is 2. The number of hydrogen-bond donors (Lipinski definition) is 1. The zero-order valence-electron chi connectivity index (χ0n) is 10.1. The minimum absolute atomic E-state index is 0.864. The Hall–Kier alpha value is -0.910. The third-order valence-corrected chi connectivity index (χ3v) is 3.92. The summed E-state index contributed by atoms with van der Waals surface area (Å²) in [5.74, 6) is 0. The maximum Gasteiger partial charge on any atom is 0.116 e. The summed E-state index contributed by atoms with van der Waals surface area (Å²) in [6.45, 7) is 3.93. The number of nitrogens with one attached hydrogen (secondary N) is 1. The van der Waals surface area contributed by atoms with E-state index in [1.807, 2.05) is 6.07 Å². The van der Waals surface area contributed by atoms with Gasteiger partial charge in [0.1, 0.15) is 11.4 Å². The summed E-state index contributed by atoms with van der Waals surface area (Å²) >= 11 is 5.17. The predicted octanol–water partition coefficient (Wildman–Crippen LogP) is 3.50. The lowest BCUT2D eigenvalue weighted by Crippen LogP contribution is -2.12. The van der Waals surface area contributed by atoms with E-state index >= 15 is 0 Å². The smallest absolute Gasteiger partial charge is 0.116 e. The zero-order valence-corrected chi connectivity index (χ0v) is 12.5. The predicted molar refractivity (Wildman–Crippen MR) is 77.7 cm³/mol. The van der Waals surface area contributed by atoms with Crippen molar-refractivity contribution in [3.8, 4) is 0 Å². The van der Waals surface area contributed by atoms with E-state index in [2.05, 4.69) is 56.3 Å². The number of halogens is 1. The summed E-state index contributed by atoms with van der Waals surface area (Å²) in [5.41, 5.74) is 1.27. The van der Waals surface area contributed by atoms with Gasteiger partial charge in [0.25, 0.3) is 0 Å². The van der Waals surface area contributed by atoms with Crippen LogP contribution in [0.15, 0.2) is 51.2 Å². The third kappa shape index (κ3) is 3.80. The summed E-state index contributed by atoms with van der Waals surface area (Å²) in [5, 5.41) is 4.31. The van der Waals surface area contributed by atoms with E-state index in [1.165, 1.54) is 10.5 Å². The first-order valence-electron chi connectivity index (χ1n) is 5.72. The van der Waals surface area contributed by atoms with Crippen LogP contribution in [0.2, 0.25) is 0 Å². The highest BCUT2D eigenvalue weighted by atomic mass is 79.9. The minimum Gasteiger partial charge on any atom is -0.313 e. The van der Waals surface area contributed by atoms with E-state index in [-0.39, 0.29) is 0 Å². The van der Waals surface area contributed by atoms with Crippen molar-refractivity contribution in [3.05, 3.63) is 46.8 Å². The molecule has 1 aromatic heterocycles.